The zero-order chi connectivity index (χ0) is 11.5. The predicted octanol–water partition coefficient (Wildman–Crippen LogP) is 1.61. The second-order valence-electron chi connectivity index (χ2n) is 3.97. The third-order valence-electron chi connectivity index (χ3n) is 3.04. The summed E-state index contributed by atoms with van der Waals surface area (Å²) in [6.45, 7) is 0.476. The highest BCUT2D eigenvalue weighted by molar-refractivity contribution is 5.67. The average Bonchev–Trinajstić information content (AvgIpc) is 2.26. The number of carbonyl (C=O) groups is 1. The molecule has 1 aromatic rings. The first-order valence-electron chi connectivity index (χ1n) is 5.28. The van der Waals surface area contributed by atoms with Gasteiger partial charge in [0.15, 0.2) is 0 Å². The Bertz CT molecular complexity index is 366. The van der Waals surface area contributed by atoms with Crippen LogP contribution in [0.5, 0.6) is 0 Å². The van der Waals surface area contributed by atoms with Crippen LogP contribution in [0, 0.1) is 0 Å². The van der Waals surface area contributed by atoms with Gasteiger partial charge in [0.05, 0.1) is 18.7 Å². The molecule has 1 aromatic carbocycles. The summed E-state index contributed by atoms with van der Waals surface area (Å²) in [4.78, 5) is 12.3. The molecule has 0 spiro atoms. The SMILES string of the molecule is CO[C@H]1CN(C(=O)O)[C@H]1Cc1ccccc1. The van der Waals surface area contributed by atoms with Gasteiger partial charge in [0.2, 0.25) is 0 Å². The lowest BCUT2D eigenvalue weighted by Crippen LogP contribution is -2.63. The van der Waals surface area contributed by atoms with Gasteiger partial charge in [0.1, 0.15) is 0 Å². The van der Waals surface area contributed by atoms with E-state index < -0.39 is 6.09 Å². The second-order valence-corrected chi connectivity index (χ2v) is 3.97. The normalized spacial score (nSPS) is 23.9. The van der Waals surface area contributed by atoms with Crippen molar-refractivity contribution in [3.8, 4) is 0 Å². The highest BCUT2D eigenvalue weighted by atomic mass is 16.5. The van der Waals surface area contributed by atoms with Gasteiger partial charge in [0, 0.05) is 7.11 Å². The fraction of sp³-hybridized carbons (Fsp3) is 0.417. The molecule has 0 aromatic heterocycles. The molecule has 16 heavy (non-hydrogen) atoms. The minimum Gasteiger partial charge on any atom is -0.465 e. The lowest BCUT2D eigenvalue weighted by Gasteiger charge is -2.45. The monoisotopic (exact) mass is 221 g/mol. The van der Waals surface area contributed by atoms with Gasteiger partial charge < -0.3 is 9.84 Å². The molecule has 0 unspecified atom stereocenters. The maximum absolute atomic E-state index is 10.9. The molecule has 1 saturated heterocycles. The third-order valence-corrected chi connectivity index (χ3v) is 3.04. The molecule has 0 bridgehead atoms. The molecule has 86 valence electrons. The van der Waals surface area contributed by atoms with Gasteiger partial charge in [-0.1, -0.05) is 30.3 Å². The van der Waals surface area contributed by atoms with Gasteiger partial charge in [-0.15, -0.1) is 0 Å². The molecule has 0 saturated carbocycles. The molecule has 4 nitrogen and oxygen atoms in total. The summed E-state index contributed by atoms with van der Waals surface area (Å²) >= 11 is 0. The first-order chi connectivity index (χ1) is 7.72. The molecule has 0 aliphatic carbocycles. The van der Waals surface area contributed by atoms with Crippen LogP contribution in [0.4, 0.5) is 4.79 Å². The van der Waals surface area contributed by atoms with Crippen molar-refractivity contribution >= 4 is 6.09 Å². The van der Waals surface area contributed by atoms with E-state index in [2.05, 4.69) is 0 Å². The lowest BCUT2D eigenvalue weighted by atomic mass is 9.93. The molecule has 1 amide bonds. The molecule has 1 N–H and O–H groups in total. The lowest BCUT2D eigenvalue weighted by molar-refractivity contribution is -0.0694. The van der Waals surface area contributed by atoms with Crippen molar-refractivity contribution in [2.45, 2.75) is 18.6 Å². The van der Waals surface area contributed by atoms with Crippen LogP contribution in [0.3, 0.4) is 0 Å². The van der Waals surface area contributed by atoms with Crippen LogP contribution in [0.15, 0.2) is 30.3 Å². The van der Waals surface area contributed by atoms with E-state index in [-0.39, 0.29) is 12.1 Å². The summed E-state index contributed by atoms with van der Waals surface area (Å²) in [6, 6.07) is 9.83. The van der Waals surface area contributed by atoms with E-state index in [0.29, 0.717) is 13.0 Å². The summed E-state index contributed by atoms with van der Waals surface area (Å²) in [6.07, 6.45) is -0.128. The highest BCUT2D eigenvalue weighted by Crippen LogP contribution is 2.24. The number of hydrogen-bond donors (Lipinski definition) is 1. The van der Waals surface area contributed by atoms with Gasteiger partial charge >= 0.3 is 6.09 Å². The van der Waals surface area contributed by atoms with E-state index in [4.69, 9.17) is 9.84 Å². The molecule has 1 aliphatic heterocycles. The Balaban J connectivity index is 2.04. The van der Waals surface area contributed by atoms with E-state index in [1.54, 1.807) is 7.11 Å². The van der Waals surface area contributed by atoms with Crippen molar-refractivity contribution in [3.63, 3.8) is 0 Å². The first kappa shape index (κ1) is 11.0. The molecule has 1 heterocycles. The largest absolute Gasteiger partial charge is 0.465 e. The van der Waals surface area contributed by atoms with Gasteiger partial charge in [0.25, 0.3) is 0 Å². The van der Waals surface area contributed by atoms with Crippen LogP contribution in [0.2, 0.25) is 0 Å². The minimum absolute atomic E-state index is 0.0244. The maximum Gasteiger partial charge on any atom is 0.407 e. The number of rotatable bonds is 3. The molecule has 1 fully saturated rings. The van der Waals surface area contributed by atoms with E-state index in [9.17, 15) is 4.79 Å². The number of benzene rings is 1. The van der Waals surface area contributed by atoms with Crippen LogP contribution >= 0.6 is 0 Å². The molecule has 2 rings (SSSR count). The molecular weight excluding hydrogens is 206 g/mol. The third kappa shape index (κ3) is 2.02. The van der Waals surface area contributed by atoms with Gasteiger partial charge in [-0.25, -0.2) is 4.79 Å². The number of amides is 1. The number of hydrogen-bond acceptors (Lipinski definition) is 2. The topological polar surface area (TPSA) is 49.8 Å². The minimum atomic E-state index is -0.866. The Hall–Kier alpha value is -1.55. The summed E-state index contributed by atoms with van der Waals surface area (Å²) in [5, 5.41) is 8.97. The van der Waals surface area contributed by atoms with Gasteiger partial charge in [-0.3, -0.25) is 4.90 Å². The summed E-state index contributed by atoms with van der Waals surface area (Å²) in [7, 11) is 1.63. The zero-order valence-corrected chi connectivity index (χ0v) is 9.17. The smallest absolute Gasteiger partial charge is 0.407 e. The van der Waals surface area contributed by atoms with E-state index in [1.165, 1.54) is 4.90 Å². The van der Waals surface area contributed by atoms with Crippen LogP contribution in [-0.4, -0.2) is 41.9 Å². The van der Waals surface area contributed by atoms with Crippen molar-refractivity contribution in [1.82, 2.24) is 4.90 Å². The summed E-state index contributed by atoms with van der Waals surface area (Å²) < 4.78 is 5.25. The first-order valence-corrected chi connectivity index (χ1v) is 5.28. The molecule has 0 radical (unpaired) electrons. The average molecular weight is 221 g/mol. The van der Waals surface area contributed by atoms with E-state index in [0.717, 1.165) is 5.56 Å². The van der Waals surface area contributed by atoms with Gasteiger partial charge in [-0.2, -0.15) is 0 Å². The van der Waals surface area contributed by atoms with Crippen LogP contribution < -0.4 is 0 Å². The van der Waals surface area contributed by atoms with Gasteiger partial charge in [-0.05, 0) is 12.0 Å². The van der Waals surface area contributed by atoms with E-state index >= 15 is 0 Å². The predicted molar refractivity (Wildman–Crippen MR) is 59.5 cm³/mol. The Morgan fingerprint density at radius 3 is 2.75 bits per heavy atom. The molecule has 2 atom stereocenters. The Morgan fingerprint density at radius 1 is 1.50 bits per heavy atom. The number of ether oxygens (including phenoxy) is 1. The summed E-state index contributed by atoms with van der Waals surface area (Å²) in [5.74, 6) is 0. The highest BCUT2D eigenvalue weighted by Gasteiger charge is 2.42. The van der Waals surface area contributed by atoms with Crippen molar-refractivity contribution < 1.29 is 14.6 Å². The van der Waals surface area contributed by atoms with Crippen LogP contribution in [-0.2, 0) is 11.2 Å². The maximum atomic E-state index is 10.9. The quantitative estimate of drug-likeness (QED) is 0.843. The fourth-order valence-corrected chi connectivity index (χ4v) is 2.06. The van der Waals surface area contributed by atoms with Crippen LogP contribution in [0.25, 0.3) is 0 Å². The van der Waals surface area contributed by atoms with E-state index in [1.807, 2.05) is 30.3 Å². The molecule has 1 aliphatic rings. The number of likely N-dealkylation sites (tertiary alicyclic amines) is 1. The zero-order valence-electron chi connectivity index (χ0n) is 9.17. The van der Waals surface area contributed by atoms with Crippen molar-refractivity contribution in [3.05, 3.63) is 35.9 Å². The number of nitrogens with zero attached hydrogens (tertiary/aromatic N) is 1. The summed E-state index contributed by atoms with van der Waals surface area (Å²) in [5.41, 5.74) is 1.14. The Labute approximate surface area is 94.4 Å². The number of carboxylic acid groups (broad SMARTS) is 1. The molecular formula is C12H15NO3. The van der Waals surface area contributed by atoms with Crippen molar-refractivity contribution in [1.29, 1.82) is 0 Å². The standard InChI is InChI=1S/C12H15NO3/c1-16-11-8-13(12(14)15)10(11)7-9-5-3-2-4-6-9/h2-6,10-11H,7-8H2,1H3,(H,14,15)/t10-,11-/m0/s1. The fourth-order valence-electron chi connectivity index (χ4n) is 2.06. The Morgan fingerprint density at radius 2 is 2.19 bits per heavy atom. The van der Waals surface area contributed by atoms with Crippen molar-refractivity contribution in [2.24, 2.45) is 0 Å². The number of methoxy groups -OCH3 is 1. The van der Waals surface area contributed by atoms with Crippen molar-refractivity contribution in [2.75, 3.05) is 13.7 Å². The molecule has 4 heteroatoms. The Kier molecular flexibility index (Phi) is 3.10. The van der Waals surface area contributed by atoms with Crippen LogP contribution in [0.1, 0.15) is 5.56 Å². The second kappa shape index (κ2) is 4.53.